The largest absolute Gasteiger partial charge is 0.371 e. The van der Waals surface area contributed by atoms with Crippen LogP contribution in [-0.2, 0) is 4.74 Å². The summed E-state index contributed by atoms with van der Waals surface area (Å²) in [7, 11) is 0. The first-order chi connectivity index (χ1) is 9.12. The summed E-state index contributed by atoms with van der Waals surface area (Å²) in [5.74, 6) is 1.49. The maximum absolute atomic E-state index is 6.52. The van der Waals surface area contributed by atoms with E-state index in [0.717, 1.165) is 5.92 Å². The van der Waals surface area contributed by atoms with Gasteiger partial charge in [-0.15, -0.1) is 0 Å². The molecule has 0 amide bonds. The predicted octanol–water partition coefficient (Wildman–Crippen LogP) is 5.72. The fraction of sp³-hybridized carbons (Fsp3) is 1.00. The number of ether oxygens (including phenoxy) is 1. The summed E-state index contributed by atoms with van der Waals surface area (Å²) >= 11 is 0. The standard InChI is InChI=1S/C18H34O/c1-15(2)18(3)14-16-12-10-8-6-4-5-7-9-11-13-17(16)19-18/h15-17H,4-14H2,1-3H3. The third-order valence-corrected chi connectivity index (χ3v) is 5.65. The molecule has 0 aromatic rings. The third-order valence-electron chi connectivity index (χ3n) is 5.65. The molecular weight excluding hydrogens is 232 g/mol. The number of rotatable bonds is 1. The lowest BCUT2D eigenvalue weighted by Crippen LogP contribution is -2.31. The zero-order chi connectivity index (χ0) is 13.7. The number of hydrogen-bond acceptors (Lipinski definition) is 1. The molecule has 1 saturated heterocycles. The van der Waals surface area contributed by atoms with Crippen LogP contribution in [0.2, 0.25) is 0 Å². The Morgan fingerprint density at radius 2 is 1.37 bits per heavy atom. The van der Waals surface area contributed by atoms with Gasteiger partial charge in [0.1, 0.15) is 0 Å². The molecule has 1 aliphatic heterocycles. The maximum Gasteiger partial charge on any atom is 0.0684 e. The Labute approximate surface area is 120 Å². The fourth-order valence-electron chi connectivity index (χ4n) is 3.91. The molecule has 0 N–H and O–H groups in total. The highest BCUT2D eigenvalue weighted by Crippen LogP contribution is 2.43. The molecular formula is C18H34O. The Balaban J connectivity index is 1.93. The van der Waals surface area contributed by atoms with Gasteiger partial charge in [-0.2, -0.15) is 0 Å². The highest BCUT2D eigenvalue weighted by molar-refractivity contribution is 4.93. The van der Waals surface area contributed by atoms with Crippen LogP contribution in [-0.4, -0.2) is 11.7 Å². The minimum atomic E-state index is 0.148. The normalized spacial score (nSPS) is 38.5. The molecule has 0 aromatic carbocycles. The Morgan fingerprint density at radius 1 is 0.842 bits per heavy atom. The van der Waals surface area contributed by atoms with E-state index < -0.39 is 0 Å². The minimum Gasteiger partial charge on any atom is -0.371 e. The second-order valence-corrected chi connectivity index (χ2v) is 7.49. The van der Waals surface area contributed by atoms with Gasteiger partial charge < -0.3 is 4.74 Å². The van der Waals surface area contributed by atoms with Gasteiger partial charge in [0.2, 0.25) is 0 Å². The van der Waals surface area contributed by atoms with E-state index in [4.69, 9.17) is 4.74 Å². The summed E-state index contributed by atoms with van der Waals surface area (Å²) in [5.41, 5.74) is 0.148. The van der Waals surface area contributed by atoms with E-state index in [-0.39, 0.29) is 5.60 Å². The van der Waals surface area contributed by atoms with Crippen molar-refractivity contribution in [3.05, 3.63) is 0 Å². The lowest BCUT2D eigenvalue weighted by atomic mass is 9.82. The van der Waals surface area contributed by atoms with Crippen LogP contribution in [0.1, 0.15) is 91.4 Å². The van der Waals surface area contributed by atoms with Gasteiger partial charge in [0, 0.05) is 0 Å². The molecule has 0 aromatic heterocycles. The highest BCUT2D eigenvalue weighted by Gasteiger charge is 2.44. The van der Waals surface area contributed by atoms with Gasteiger partial charge in [0.25, 0.3) is 0 Å². The van der Waals surface area contributed by atoms with E-state index in [9.17, 15) is 0 Å². The zero-order valence-electron chi connectivity index (χ0n) is 13.4. The molecule has 1 aliphatic carbocycles. The van der Waals surface area contributed by atoms with Crippen LogP contribution in [0.4, 0.5) is 0 Å². The second kappa shape index (κ2) is 7.11. The molecule has 19 heavy (non-hydrogen) atoms. The topological polar surface area (TPSA) is 9.23 Å². The van der Waals surface area contributed by atoms with Crippen LogP contribution >= 0.6 is 0 Å². The molecule has 1 nitrogen and oxygen atoms in total. The molecule has 1 heteroatoms. The fourth-order valence-corrected chi connectivity index (χ4v) is 3.91. The smallest absolute Gasteiger partial charge is 0.0684 e. The Bertz CT molecular complexity index is 238. The van der Waals surface area contributed by atoms with Crippen molar-refractivity contribution in [1.29, 1.82) is 0 Å². The van der Waals surface area contributed by atoms with Gasteiger partial charge in [0.05, 0.1) is 11.7 Å². The minimum absolute atomic E-state index is 0.148. The van der Waals surface area contributed by atoms with Gasteiger partial charge in [-0.25, -0.2) is 0 Å². The lowest BCUT2D eigenvalue weighted by molar-refractivity contribution is -0.0647. The Morgan fingerprint density at radius 3 is 1.95 bits per heavy atom. The van der Waals surface area contributed by atoms with Crippen LogP contribution in [0, 0.1) is 11.8 Å². The zero-order valence-corrected chi connectivity index (χ0v) is 13.4. The van der Waals surface area contributed by atoms with Crippen molar-refractivity contribution in [2.75, 3.05) is 0 Å². The molecule has 2 aliphatic rings. The van der Waals surface area contributed by atoms with Gasteiger partial charge in [0.15, 0.2) is 0 Å². The Kier molecular flexibility index (Phi) is 5.74. The summed E-state index contributed by atoms with van der Waals surface area (Å²) in [6.45, 7) is 7.00. The second-order valence-electron chi connectivity index (χ2n) is 7.49. The Hall–Kier alpha value is -0.0400. The summed E-state index contributed by atoms with van der Waals surface area (Å²) in [6, 6.07) is 0. The van der Waals surface area contributed by atoms with Crippen LogP contribution in [0.5, 0.6) is 0 Å². The summed E-state index contributed by atoms with van der Waals surface area (Å²) in [5, 5.41) is 0. The van der Waals surface area contributed by atoms with Crippen molar-refractivity contribution < 1.29 is 4.74 Å². The average molecular weight is 266 g/mol. The van der Waals surface area contributed by atoms with Crippen LogP contribution in [0.3, 0.4) is 0 Å². The lowest BCUT2D eigenvalue weighted by Gasteiger charge is -2.29. The van der Waals surface area contributed by atoms with Crippen molar-refractivity contribution in [1.82, 2.24) is 0 Å². The van der Waals surface area contributed by atoms with E-state index in [1.165, 1.54) is 70.6 Å². The van der Waals surface area contributed by atoms with Crippen molar-refractivity contribution in [2.45, 2.75) is 103 Å². The van der Waals surface area contributed by atoms with Crippen molar-refractivity contribution in [2.24, 2.45) is 11.8 Å². The quantitative estimate of drug-likeness (QED) is 0.589. The molecule has 2 rings (SSSR count). The molecule has 0 bridgehead atoms. The third kappa shape index (κ3) is 4.21. The molecule has 3 atom stereocenters. The van der Waals surface area contributed by atoms with Crippen LogP contribution in [0.15, 0.2) is 0 Å². The van der Waals surface area contributed by atoms with Gasteiger partial charge in [-0.3, -0.25) is 0 Å². The summed E-state index contributed by atoms with van der Waals surface area (Å²) in [4.78, 5) is 0. The van der Waals surface area contributed by atoms with Crippen LogP contribution < -0.4 is 0 Å². The van der Waals surface area contributed by atoms with Gasteiger partial charge in [-0.1, -0.05) is 65.2 Å². The molecule has 1 saturated carbocycles. The summed E-state index contributed by atoms with van der Waals surface area (Å²) in [6.07, 6.45) is 16.1. The molecule has 2 fully saturated rings. The number of fused-ring (bicyclic) bond motifs is 1. The maximum atomic E-state index is 6.52. The van der Waals surface area contributed by atoms with E-state index in [1.807, 2.05) is 0 Å². The first kappa shape index (κ1) is 15.4. The van der Waals surface area contributed by atoms with E-state index >= 15 is 0 Å². The molecule has 112 valence electrons. The van der Waals surface area contributed by atoms with E-state index in [2.05, 4.69) is 20.8 Å². The first-order valence-corrected chi connectivity index (χ1v) is 8.79. The van der Waals surface area contributed by atoms with Crippen molar-refractivity contribution >= 4 is 0 Å². The monoisotopic (exact) mass is 266 g/mol. The number of hydrogen-bond donors (Lipinski definition) is 0. The van der Waals surface area contributed by atoms with Gasteiger partial charge >= 0.3 is 0 Å². The van der Waals surface area contributed by atoms with Crippen molar-refractivity contribution in [3.63, 3.8) is 0 Å². The molecule has 0 spiro atoms. The molecule has 3 unspecified atom stereocenters. The van der Waals surface area contributed by atoms with E-state index in [0.29, 0.717) is 12.0 Å². The van der Waals surface area contributed by atoms with Crippen molar-refractivity contribution in [3.8, 4) is 0 Å². The molecule has 0 radical (unpaired) electrons. The molecule has 1 heterocycles. The van der Waals surface area contributed by atoms with E-state index in [1.54, 1.807) is 0 Å². The average Bonchev–Trinajstić information content (AvgIpc) is 2.68. The summed E-state index contributed by atoms with van der Waals surface area (Å²) < 4.78 is 6.52. The van der Waals surface area contributed by atoms with Crippen LogP contribution in [0.25, 0.3) is 0 Å². The highest BCUT2D eigenvalue weighted by atomic mass is 16.5. The van der Waals surface area contributed by atoms with Gasteiger partial charge in [-0.05, 0) is 38.0 Å². The first-order valence-electron chi connectivity index (χ1n) is 8.79. The predicted molar refractivity (Wildman–Crippen MR) is 82.4 cm³/mol. The SMILES string of the molecule is CC(C)C1(C)CC2CCCCCCCCCCC2O1.